The number of hydrogen-bond acceptors (Lipinski definition) is 9. The number of nitrogens with one attached hydrogen (secondary N) is 1. The first-order valence-corrected chi connectivity index (χ1v) is 7.65. The molecule has 1 N–H and O–H groups in total. The average Bonchev–Trinajstić information content (AvgIpc) is 3.08. The Hall–Kier alpha value is -3.39. The minimum Gasteiger partial charge on any atom is -0.463 e. The summed E-state index contributed by atoms with van der Waals surface area (Å²) in [5.41, 5.74) is -2.09. The molecule has 11 nitrogen and oxygen atoms in total. The van der Waals surface area contributed by atoms with Crippen molar-refractivity contribution in [3.8, 4) is 12.3 Å². The Kier molecular flexibility index (Phi) is 5.11. The van der Waals surface area contributed by atoms with E-state index in [1.807, 2.05) is 4.98 Å². The number of rotatable bonds is 5. The minimum absolute atomic E-state index is 0.252. The predicted octanol–water partition coefficient (Wildman–Crippen LogP) is -1.16. The lowest BCUT2D eigenvalue weighted by Crippen LogP contribution is -2.42. The summed E-state index contributed by atoms with van der Waals surface area (Å²) in [6.07, 6.45) is 0.493. The van der Waals surface area contributed by atoms with Crippen LogP contribution in [0.3, 0.4) is 0 Å². The van der Waals surface area contributed by atoms with E-state index < -0.39 is 81.0 Å². The molecule has 2 rings (SSSR count). The van der Waals surface area contributed by atoms with E-state index in [9.17, 15) is 24.0 Å². The van der Waals surface area contributed by atoms with Crippen molar-refractivity contribution in [3.05, 3.63) is 32.6 Å². The fourth-order valence-electron chi connectivity index (χ4n) is 2.59. The van der Waals surface area contributed by atoms with Gasteiger partial charge in [-0.1, -0.05) is 5.92 Å². The highest BCUT2D eigenvalue weighted by Gasteiger charge is 2.51. The number of aromatic nitrogens is 2. The zero-order valence-corrected chi connectivity index (χ0v) is 14.4. The summed E-state index contributed by atoms with van der Waals surface area (Å²) in [6, 6.07) is 0. The Bertz CT molecular complexity index is 1000. The van der Waals surface area contributed by atoms with Crippen molar-refractivity contribution >= 4 is 17.9 Å². The van der Waals surface area contributed by atoms with Gasteiger partial charge < -0.3 is 18.9 Å². The van der Waals surface area contributed by atoms with Gasteiger partial charge >= 0.3 is 23.6 Å². The van der Waals surface area contributed by atoms with E-state index in [1.165, 1.54) is 0 Å². The second kappa shape index (κ2) is 8.53. The van der Waals surface area contributed by atoms with Gasteiger partial charge in [-0.25, -0.2) is 4.79 Å². The Morgan fingerprint density at radius 1 is 1.21 bits per heavy atom. The molecule has 0 bridgehead atoms. The van der Waals surface area contributed by atoms with Crippen molar-refractivity contribution in [3.63, 3.8) is 0 Å². The van der Waals surface area contributed by atoms with Crippen LogP contribution in [0.4, 0.5) is 0 Å². The molecular formula is C17H18N2O9. The van der Waals surface area contributed by atoms with Crippen molar-refractivity contribution < 1.29 is 37.4 Å². The van der Waals surface area contributed by atoms with Gasteiger partial charge in [0.2, 0.25) is 0 Å². The molecule has 2 heterocycles. The van der Waals surface area contributed by atoms with Gasteiger partial charge in [0, 0.05) is 31.0 Å². The molecule has 0 aliphatic carbocycles. The van der Waals surface area contributed by atoms with E-state index in [2.05, 4.69) is 5.92 Å². The number of aromatic amines is 1. The maximum Gasteiger partial charge on any atom is 0.330 e. The molecule has 150 valence electrons. The van der Waals surface area contributed by atoms with Gasteiger partial charge in [-0.15, -0.1) is 6.42 Å². The summed E-state index contributed by atoms with van der Waals surface area (Å²) in [6.45, 7) is -2.84. The van der Waals surface area contributed by atoms with Crippen molar-refractivity contribution in [2.75, 3.05) is 6.61 Å². The Balaban J connectivity index is 2.51. The second-order valence-electron chi connectivity index (χ2n) is 5.51. The average molecular weight is 397 g/mol. The topological polar surface area (TPSA) is 143 Å². The maximum atomic E-state index is 12.3. The van der Waals surface area contributed by atoms with Crippen LogP contribution in [0.15, 0.2) is 15.8 Å². The van der Waals surface area contributed by atoms with Gasteiger partial charge in [0.15, 0.2) is 18.4 Å². The summed E-state index contributed by atoms with van der Waals surface area (Å²) in [7, 11) is 0. The predicted molar refractivity (Wildman–Crippen MR) is 90.9 cm³/mol. The molecule has 0 radical (unpaired) electrons. The molecule has 4 atom stereocenters. The molecule has 1 aliphatic rings. The van der Waals surface area contributed by atoms with Crippen LogP contribution >= 0.6 is 0 Å². The van der Waals surface area contributed by atoms with E-state index >= 15 is 0 Å². The molecule has 1 aromatic heterocycles. The number of carbonyl (C=O) groups excluding carboxylic acids is 3. The molecule has 0 amide bonds. The smallest absolute Gasteiger partial charge is 0.330 e. The number of carbonyl (C=O) groups is 3. The molecule has 1 aliphatic heterocycles. The van der Waals surface area contributed by atoms with Crippen LogP contribution in [-0.4, -0.2) is 52.4 Å². The summed E-state index contributed by atoms with van der Waals surface area (Å²) in [5.74, 6) is -0.939. The quantitative estimate of drug-likeness (QED) is 0.370. The molecule has 0 aromatic carbocycles. The highest BCUT2D eigenvalue weighted by molar-refractivity contribution is 5.68. The van der Waals surface area contributed by atoms with Crippen molar-refractivity contribution in [1.29, 1.82) is 0 Å². The van der Waals surface area contributed by atoms with Gasteiger partial charge in [-0.3, -0.25) is 28.7 Å². The van der Waals surface area contributed by atoms with Crippen molar-refractivity contribution in [1.82, 2.24) is 9.55 Å². The van der Waals surface area contributed by atoms with Gasteiger partial charge in [-0.05, 0) is 0 Å². The summed E-state index contributed by atoms with van der Waals surface area (Å²) < 4.78 is 42.8. The van der Waals surface area contributed by atoms with Crippen LogP contribution in [-0.2, 0) is 33.3 Å². The monoisotopic (exact) mass is 397 g/mol. The normalized spacial score (nSPS) is 24.9. The Morgan fingerprint density at radius 3 is 2.46 bits per heavy atom. The van der Waals surface area contributed by atoms with Crippen molar-refractivity contribution in [2.24, 2.45) is 0 Å². The molecular weight excluding hydrogens is 376 g/mol. The van der Waals surface area contributed by atoms with E-state index in [4.69, 9.17) is 29.5 Å². The second-order valence-corrected chi connectivity index (χ2v) is 5.51. The zero-order chi connectivity index (χ0) is 23.1. The third-order valence-corrected chi connectivity index (χ3v) is 3.63. The molecule has 1 aromatic rings. The van der Waals surface area contributed by atoms with Crippen LogP contribution in [0.5, 0.6) is 0 Å². The number of hydrogen-bond donors (Lipinski definition) is 1. The Labute approximate surface area is 162 Å². The Morgan fingerprint density at radius 2 is 1.86 bits per heavy atom. The number of ether oxygens (including phenoxy) is 4. The summed E-state index contributed by atoms with van der Waals surface area (Å²) >= 11 is 0. The molecule has 11 heteroatoms. The standard InChI is InChI=1S/C17H18N2O9/c1-5-11-6-19(17(24)18-15(11)23)16-14(27-10(4)22)13(26-9(3)21)12(28-16)7-25-8(2)20/h1,6,12-14,16H,7H2,2-4H3,(H,18,23,24)/t12-,13+,14-,16?/m1/s1/i2D,3D,4D. The van der Waals surface area contributed by atoms with Gasteiger partial charge in [0.05, 0.1) is 0 Å². The molecule has 0 saturated carbocycles. The maximum absolute atomic E-state index is 12.3. The van der Waals surface area contributed by atoms with Gasteiger partial charge in [-0.2, -0.15) is 0 Å². The van der Waals surface area contributed by atoms with Crippen LogP contribution in [0, 0.1) is 12.3 Å². The van der Waals surface area contributed by atoms with E-state index in [1.54, 1.807) is 0 Å². The largest absolute Gasteiger partial charge is 0.463 e. The molecule has 0 spiro atoms. The lowest BCUT2D eigenvalue weighted by molar-refractivity contribution is -0.166. The van der Waals surface area contributed by atoms with Gasteiger partial charge in [0.1, 0.15) is 18.3 Å². The van der Waals surface area contributed by atoms with E-state index in [-0.39, 0.29) is 5.56 Å². The van der Waals surface area contributed by atoms with E-state index in [0.717, 1.165) is 10.8 Å². The first-order chi connectivity index (χ1) is 14.7. The number of nitrogens with zero attached hydrogens (tertiary/aromatic N) is 1. The van der Waals surface area contributed by atoms with Crippen LogP contribution in [0.2, 0.25) is 0 Å². The highest BCUT2D eigenvalue weighted by Crippen LogP contribution is 2.33. The molecule has 28 heavy (non-hydrogen) atoms. The van der Waals surface area contributed by atoms with E-state index in [0.29, 0.717) is 0 Å². The lowest BCUT2D eigenvalue weighted by atomic mass is 10.1. The zero-order valence-electron chi connectivity index (χ0n) is 17.4. The fourth-order valence-corrected chi connectivity index (χ4v) is 2.59. The fraction of sp³-hybridized carbons (Fsp3) is 0.471. The third-order valence-electron chi connectivity index (χ3n) is 3.63. The lowest BCUT2D eigenvalue weighted by Gasteiger charge is -2.23. The summed E-state index contributed by atoms with van der Waals surface area (Å²) in [4.78, 5) is 60.9. The van der Waals surface area contributed by atoms with Crippen LogP contribution in [0.25, 0.3) is 0 Å². The highest BCUT2D eigenvalue weighted by atomic mass is 16.7. The number of terminal acetylenes is 1. The first-order valence-electron chi connectivity index (χ1n) is 9.77. The van der Waals surface area contributed by atoms with Gasteiger partial charge in [0.25, 0.3) is 5.56 Å². The van der Waals surface area contributed by atoms with Crippen LogP contribution < -0.4 is 11.2 Å². The summed E-state index contributed by atoms with van der Waals surface area (Å²) in [5, 5.41) is 0. The SMILES string of the molecule is [2H]CC(=O)OC[C@H]1OC(n2cc(C#C)c(=O)[nH]c2=O)[C@H](OC(=O)C[2H])[C@H]1OC(=O)C[2H]. The number of H-pyrrole nitrogens is 1. The number of esters is 3. The van der Waals surface area contributed by atoms with Crippen molar-refractivity contribution in [2.45, 2.75) is 45.2 Å². The third kappa shape index (κ3) is 4.66. The van der Waals surface area contributed by atoms with Crippen LogP contribution in [0.1, 0.15) is 36.6 Å². The molecule has 1 unspecified atom stereocenters. The molecule has 1 saturated heterocycles. The minimum atomic E-state index is -1.51. The first kappa shape index (κ1) is 16.8. The molecule has 1 fully saturated rings.